The van der Waals surface area contributed by atoms with Crippen LogP contribution in [-0.2, 0) is 13.7 Å². The summed E-state index contributed by atoms with van der Waals surface area (Å²) in [6.45, 7) is 0. The van der Waals surface area contributed by atoms with Crippen molar-refractivity contribution >= 4 is 26.2 Å². The smallest absolute Gasteiger partial charge is 0.293 e. The molecule has 0 saturated heterocycles. The van der Waals surface area contributed by atoms with Crippen molar-refractivity contribution in [2.75, 3.05) is 18.3 Å². The predicted octanol–water partition coefficient (Wildman–Crippen LogP) is 7.16. The van der Waals surface area contributed by atoms with Gasteiger partial charge in [0.2, 0.25) is 0 Å². The molecular formula is C18H13F17O4S2. The summed E-state index contributed by atoms with van der Waals surface area (Å²) in [6, 6.07) is 5.88. The summed E-state index contributed by atoms with van der Waals surface area (Å²) in [5.41, 5.74) is -0.281. The molecule has 0 N–H and O–H groups in total. The lowest BCUT2D eigenvalue weighted by Crippen LogP contribution is -2.75. The van der Waals surface area contributed by atoms with E-state index in [-0.39, 0.29) is 5.56 Å². The quantitative estimate of drug-likeness (QED) is 0.174. The van der Waals surface area contributed by atoms with E-state index in [2.05, 4.69) is 3.63 Å². The molecular weight excluding hydrogens is 667 g/mol. The number of rotatable bonds is 12. The molecule has 0 amide bonds. The molecule has 0 aliphatic rings. The number of benzene rings is 1. The van der Waals surface area contributed by atoms with Crippen molar-refractivity contribution in [2.45, 2.75) is 47.0 Å². The molecule has 0 fully saturated rings. The zero-order chi connectivity index (χ0) is 33.1. The van der Waals surface area contributed by atoms with Crippen LogP contribution < -0.4 is 0 Å². The van der Waals surface area contributed by atoms with Crippen LogP contribution in [0.2, 0.25) is 0 Å². The molecule has 1 aromatic rings. The van der Waals surface area contributed by atoms with Gasteiger partial charge in [0.15, 0.2) is 5.78 Å². The summed E-state index contributed by atoms with van der Waals surface area (Å²) in [5.74, 6) is -54.6. The van der Waals surface area contributed by atoms with Crippen molar-refractivity contribution in [3.05, 3.63) is 35.9 Å². The molecule has 0 aliphatic carbocycles. The lowest BCUT2D eigenvalue weighted by atomic mass is 9.91. The lowest BCUT2D eigenvalue weighted by Gasteiger charge is -2.42. The number of ketones is 1. The average Bonchev–Trinajstić information content (AvgIpc) is 2.76. The Morgan fingerprint density at radius 2 is 0.951 bits per heavy atom. The first kappa shape index (κ1) is 37.0. The Balaban J connectivity index is 3.58. The molecule has 0 radical (unpaired) electrons. The molecule has 0 atom stereocenters. The average molecular weight is 680 g/mol. The normalized spacial score (nSPS) is 16.1. The van der Waals surface area contributed by atoms with E-state index in [9.17, 15) is 87.8 Å². The summed E-state index contributed by atoms with van der Waals surface area (Å²) in [5, 5.41) is -7.80. The van der Waals surface area contributed by atoms with Crippen molar-refractivity contribution in [3.63, 3.8) is 0 Å². The molecule has 41 heavy (non-hydrogen) atoms. The molecule has 1 aromatic carbocycles. The molecule has 0 spiro atoms. The first-order chi connectivity index (χ1) is 17.7. The summed E-state index contributed by atoms with van der Waals surface area (Å²) >= 11 is 0. The molecule has 4 nitrogen and oxygen atoms in total. The molecule has 0 aliphatic heterocycles. The highest BCUT2D eigenvalue weighted by Crippen LogP contribution is 2.65. The molecule has 0 aromatic heterocycles. The Bertz CT molecular complexity index is 1230. The second-order valence-corrected chi connectivity index (χ2v) is 13.5. The molecule has 0 heterocycles. The van der Waals surface area contributed by atoms with Gasteiger partial charge in [-0.1, -0.05) is 30.3 Å². The van der Waals surface area contributed by atoms with Crippen LogP contribution in [0.15, 0.2) is 30.3 Å². The van der Waals surface area contributed by atoms with Gasteiger partial charge in [0.1, 0.15) is 0 Å². The number of halogens is 17. The Labute approximate surface area is 219 Å². The minimum Gasteiger partial charge on any atom is -0.293 e. The van der Waals surface area contributed by atoms with Crippen LogP contribution in [0.25, 0.3) is 0 Å². The van der Waals surface area contributed by atoms with E-state index in [4.69, 9.17) is 0 Å². The zero-order valence-corrected chi connectivity index (χ0v) is 21.1. The third-order valence-electron chi connectivity index (χ3n) is 4.86. The van der Waals surface area contributed by atoms with Crippen molar-refractivity contribution in [3.8, 4) is 0 Å². The van der Waals surface area contributed by atoms with Crippen LogP contribution in [0.3, 0.4) is 0 Å². The summed E-state index contributed by atoms with van der Waals surface area (Å²) < 4.78 is 255. The Morgan fingerprint density at radius 3 is 1.32 bits per heavy atom. The first-order valence-electron chi connectivity index (χ1n) is 9.66. The Hall–Kier alpha value is -2.04. The molecule has 1 rings (SSSR count). The second-order valence-electron chi connectivity index (χ2n) is 8.35. The van der Waals surface area contributed by atoms with Gasteiger partial charge in [0, 0.05) is 5.56 Å². The fraction of sp³-hybridized carbons (Fsp3) is 0.611. The van der Waals surface area contributed by atoms with Crippen LogP contribution in [0.4, 0.5) is 74.6 Å². The SMILES string of the molecule is CS(C)(CC(=O)c1ccccc1)OS(=O)(=O)C(F)(F)C(F)(F)C(F)(F)C(F)(F)C(F)(F)C(F)(F)C(F)(F)C(F)(F)F. The largest absolute Gasteiger partial charge is 0.460 e. The number of hydrogen-bond donors (Lipinski definition) is 0. The third-order valence-corrected chi connectivity index (χ3v) is 8.89. The Kier molecular flexibility index (Phi) is 9.29. The fourth-order valence-electron chi connectivity index (χ4n) is 2.64. The predicted molar refractivity (Wildman–Crippen MR) is 106 cm³/mol. The van der Waals surface area contributed by atoms with Gasteiger partial charge in [0.05, 0.1) is 5.75 Å². The van der Waals surface area contributed by atoms with Gasteiger partial charge in [0.25, 0.3) is 0 Å². The van der Waals surface area contributed by atoms with E-state index in [1.54, 1.807) is 0 Å². The van der Waals surface area contributed by atoms with Crippen LogP contribution in [-0.4, -0.2) is 79.4 Å². The van der Waals surface area contributed by atoms with Crippen molar-refractivity contribution in [1.29, 1.82) is 0 Å². The van der Waals surface area contributed by atoms with E-state index in [1.807, 2.05) is 0 Å². The highest BCUT2D eigenvalue weighted by molar-refractivity contribution is 8.32. The van der Waals surface area contributed by atoms with E-state index < -0.39 is 78.9 Å². The van der Waals surface area contributed by atoms with Gasteiger partial charge in [-0.2, -0.15) is 83.1 Å². The maximum atomic E-state index is 14.2. The van der Waals surface area contributed by atoms with Gasteiger partial charge in [-0.15, -0.1) is 10.3 Å². The molecule has 0 saturated carbocycles. The zero-order valence-electron chi connectivity index (χ0n) is 19.5. The van der Waals surface area contributed by atoms with Gasteiger partial charge in [-0.25, -0.2) is 3.63 Å². The molecule has 0 unspecified atom stereocenters. The maximum Gasteiger partial charge on any atom is 0.460 e. The van der Waals surface area contributed by atoms with Gasteiger partial charge < -0.3 is 0 Å². The minimum atomic E-state index is -8.94. The number of Topliss-reactive ketones (excluding diaryl/α,β-unsaturated/α-hetero) is 1. The summed E-state index contributed by atoms with van der Waals surface area (Å²) in [4.78, 5) is 12.1. The second kappa shape index (κ2) is 10.3. The minimum absolute atomic E-state index is 0.281. The van der Waals surface area contributed by atoms with E-state index in [0.717, 1.165) is 12.1 Å². The fourth-order valence-corrected chi connectivity index (χ4v) is 6.35. The Morgan fingerprint density at radius 1 is 0.610 bits per heavy atom. The van der Waals surface area contributed by atoms with E-state index in [0.29, 0.717) is 12.5 Å². The monoisotopic (exact) mass is 680 g/mol. The molecule has 0 bridgehead atoms. The third kappa shape index (κ3) is 5.68. The van der Waals surface area contributed by atoms with Crippen molar-refractivity contribution < 1.29 is 91.5 Å². The van der Waals surface area contributed by atoms with Crippen molar-refractivity contribution in [1.82, 2.24) is 0 Å². The number of carbonyl (C=O) groups is 1. The van der Waals surface area contributed by atoms with Crippen LogP contribution in [0, 0.1) is 0 Å². The summed E-state index contributed by atoms with van der Waals surface area (Å²) in [6.07, 6.45) is -7.03. The number of alkyl halides is 17. The molecule has 240 valence electrons. The van der Waals surface area contributed by atoms with Gasteiger partial charge >= 0.3 is 57.1 Å². The number of carbonyl (C=O) groups excluding carboxylic acids is 1. The maximum absolute atomic E-state index is 14.2. The lowest BCUT2D eigenvalue weighted by molar-refractivity contribution is -0.458. The topological polar surface area (TPSA) is 60.4 Å². The van der Waals surface area contributed by atoms with E-state index >= 15 is 0 Å². The van der Waals surface area contributed by atoms with Gasteiger partial charge in [-0.3, -0.25) is 4.79 Å². The highest BCUT2D eigenvalue weighted by Gasteiger charge is 2.96. The van der Waals surface area contributed by atoms with Crippen molar-refractivity contribution in [2.24, 2.45) is 0 Å². The van der Waals surface area contributed by atoms with Crippen LogP contribution in [0.1, 0.15) is 10.4 Å². The van der Waals surface area contributed by atoms with E-state index in [1.165, 1.54) is 18.2 Å². The van der Waals surface area contributed by atoms with Gasteiger partial charge in [-0.05, 0) is 12.5 Å². The standard InChI is InChI=1S/C18H13F17O4S2/c1-40(2,8-10(36)9-6-4-3-5-7-9)39-41(37,38)18(34,35)16(29,30)14(25,26)12(21,22)11(19,20)13(23,24)15(27,28)17(31,32)33/h3-7H,8H2,1-2H3. The summed E-state index contributed by atoms with van der Waals surface area (Å²) in [7, 11) is -11.7. The highest BCUT2D eigenvalue weighted by atomic mass is 32.3. The molecule has 23 heteroatoms. The van der Waals surface area contributed by atoms with Crippen LogP contribution in [0.5, 0.6) is 0 Å². The number of hydrogen-bond acceptors (Lipinski definition) is 4. The van der Waals surface area contributed by atoms with Crippen LogP contribution >= 0.6 is 10.3 Å². The first-order valence-corrected chi connectivity index (χ1v) is 13.6.